The highest BCUT2D eigenvalue weighted by molar-refractivity contribution is 5.61. The molecule has 120 valence electrons. The molecule has 4 rings (SSSR count). The lowest BCUT2D eigenvalue weighted by atomic mass is 10.1. The molecule has 2 aliphatic heterocycles. The zero-order chi connectivity index (χ0) is 15.6. The Morgan fingerprint density at radius 3 is 2.52 bits per heavy atom. The Bertz CT molecular complexity index is 676. The Hall–Kier alpha value is -2.07. The highest BCUT2D eigenvalue weighted by Gasteiger charge is 2.20. The second-order valence-corrected chi connectivity index (χ2v) is 6.37. The quantitative estimate of drug-likeness (QED) is 0.939. The fraction of sp³-hybridized carbons (Fsp3) is 0.368. The molecule has 0 radical (unpaired) electrons. The minimum atomic E-state index is -0.169. The summed E-state index contributed by atoms with van der Waals surface area (Å²) in [6.07, 6.45) is 1.14. The lowest BCUT2D eigenvalue weighted by Crippen LogP contribution is -2.46. The molecule has 0 aliphatic carbocycles. The van der Waals surface area contributed by atoms with Crippen molar-refractivity contribution in [2.75, 3.05) is 42.9 Å². The van der Waals surface area contributed by atoms with Crippen LogP contribution in [-0.2, 0) is 13.0 Å². The average molecular weight is 311 g/mol. The van der Waals surface area contributed by atoms with Gasteiger partial charge in [0.2, 0.25) is 0 Å². The molecule has 0 aromatic heterocycles. The lowest BCUT2D eigenvalue weighted by molar-refractivity contribution is 0.250. The molecule has 0 saturated carbocycles. The second kappa shape index (κ2) is 6.20. The van der Waals surface area contributed by atoms with E-state index < -0.39 is 0 Å². The third-order valence-corrected chi connectivity index (χ3v) is 4.89. The van der Waals surface area contributed by atoms with Crippen molar-refractivity contribution in [3.63, 3.8) is 0 Å². The Morgan fingerprint density at radius 2 is 1.74 bits per heavy atom. The molecule has 2 heterocycles. The van der Waals surface area contributed by atoms with Crippen molar-refractivity contribution < 1.29 is 4.39 Å². The molecular formula is C19H22FN3. The van der Waals surface area contributed by atoms with E-state index >= 15 is 0 Å². The first kappa shape index (κ1) is 14.5. The molecule has 0 spiro atoms. The maximum absolute atomic E-state index is 13.0. The summed E-state index contributed by atoms with van der Waals surface area (Å²) in [7, 11) is 0. The van der Waals surface area contributed by atoms with Crippen molar-refractivity contribution in [3.8, 4) is 0 Å². The zero-order valence-corrected chi connectivity index (χ0v) is 13.3. The Labute approximate surface area is 136 Å². The molecular weight excluding hydrogens is 289 g/mol. The zero-order valence-electron chi connectivity index (χ0n) is 13.3. The van der Waals surface area contributed by atoms with Crippen LogP contribution >= 0.6 is 0 Å². The fourth-order valence-electron chi connectivity index (χ4n) is 3.60. The molecule has 0 unspecified atom stereocenters. The number of para-hydroxylation sites is 1. The van der Waals surface area contributed by atoms with Gasteiger partial charge in [0.15, 0.2) is 0 Å². The van der Waals surface area contributed by atoms with Crippen LogP contribution in [-0.4, -0.2) is 37.6 Å². The third kappa shape index (κ3) is 3.04. The first-order valence-electron chi connectivity index (χ1n) is 8.37. The summed E-state index contributed by atoms with van der Waals surface area (Å²) in [4.78, 5) is 4.85. The van der Waals surface area contributed by atoms with Crippen LogP contribution < -0.4 is 10.2 Å². The molecule has 0 atom stereocenters. The molecule has 2 aliphatic rings. The number of piperazine rings is 1. The van der Waals surface area contributed by atoms with E-state index in [2.05, 4.69) is 33.3 Å². The Balaban J connectivity index is 1.39. The molecule has 0 amide bonds. The topological polar surface area (TPSA) is 18.5 Å². The predicted octanol–water partition coefficient (Wildman–Crippen LogP) is 3.12. The maximum atomic E-state index is 13.0. The van der Waals surface area contributed by atoms with Gasteiger partial charge in [0, 0.05) is 50.6 Å². The van der Waals surface area contributed by atoms with E-state index in [1.807, 2.05) is 12.1 Å². The summed E-state index contributed by atoms with van der Waals surface area (Å²) >= 11 is 0. The minimum absolute atomic E-state index is 0.169. The predicted molar refractivity (Wildman–Crippen MR) is 92.5 cm³/mol. The van der Waals surface area contributed by atoms with Gasteiger partial charge >= 0.3 is 0 Å². The molecule has 23 heavy (non-hydrogen) atoms. The van der Waals surface area contributed by atoms with E-state index in [0.29, 0.717) is 0 Å². The van der Waals surface area contributed by atoms with Crippen LogP contribution in [0, 0.1) is 5.82 Å². The van der Waals surface area contributed by atoms with Crippen molar-refractivity contribution in [1.82, 2.24) is 4.90 Å². The van der Waals surface area contributed by atoms with Crippen LogP contribution in [0.3, 0.4) is 0 Å². The first-order valence-corrected chi connectivity index (χ1v) is 8.37. The van der Waals surface area contributed by atoms with Crippen LogP contribution in [0.5, 0.6) is 0 Å². The molecule has 2 aromatic carbocycles. The number of benzene rings is 2. The van der Waals surface area contributed by atoms with Crippen molar-refractivity contribution in [3.05, 3.63) is 59.4 Å². The second-order valence-electron chi connectivity index (χ2n) is 6.37. The van der Waals surface area contributed by atoms with E-state index in [9.17, 15) is 4.39 Å². The lowest BCUT2D eigenvalue weighted by Gasteiger charge is -2.36. The number of hydrogen-bond donors (Lipinski definition) is 1. The molecule has 1 N–H and O–H groups in total. The third-order valence-electron chi connectivity index (χ3n) is 4.89. The summed E-state index contributed by atoms with van der Waals surface area (Å²) in [6, 6.07) is 13.5. The molecule has 2 aromatic rings. The number of fused-ring (bicyclic) bond motifs is 1. The van der Waals surface area contributed by atoms with Gasteiger partial charge in [-0.2, -0.15) is 0 Å². The van der Waals surface area contributed by atoms with E-state index in [-0.39, 0.29) is 5.82 Å². The van der Waals surface area contributed by atoms with Crippen LogP contribution in [0.2, 0.25) is 0 Å². The normalized spacial score (nSPS) is 17.9. The number of halogens is 1. The fourth-order valence-corrected chi connectivity index (χ4v) is 3.60. The summed E-state index contributed by atoms with van der Waals surface area (Å²) in [5.41, 5.74) is 5.34. The summed E-state index contributed by atoms with van der Waals surface area (Å²) in [5.74, 6) is -0.169. The minimum Gasteiger partial charge on any atom is -0.384 e. The number of hydrogen-bond acceptors (Lipinski definition) is 3. The van der Waals surface area contributed by atoms with Crippen LogP contribution in [0.1, 0.15) is 11.1 Å². The maximum Gasteiger partial charge on any atom is 0.123 e. The largest absolute Gasteiger partial charge is 0.384 e. The number of anilines is 2. The van der Waals surface area contributed by atoms with Crippen molar-refractivity contribution >= 4 is 11.4 Å². The molecule has 3 nitrogen and oxygen atoms in total. The number of nitrogens with one attached hydrogen (secondary N) is 1. The van der Waals surface area contributed by atoms with E-state index in [1.54, 1.807) is 12.1 Å². The van der Waals surface area contributed by atoms with Crippen LogP contribution in [0.15, 0.2) is 42.5 Å². The van der Waals surface area contributed by atoms with Gasteiger partial charge in [-0.25, -0.2) is 4.39 Å². The van der Waals surface area contributed by atoms with Gasteiger partial charge in [-0.3, -0.25) is 4.90 Å². The summed E-state index contributed by atoms with van der Waals surface area (Å²) < 4.78 is 13.0. The standard InChI is InChI=1S/C19H22FN3/c20-17-4-6-18(7-5-17)23-12-10-22(11-13-23)14-16-3-1-2-15-8-9-21-19(15)16/h1-7,21H,8-14H2. The van der Waals surface area contributed by atoms with Crippen LogP contribution in [0.25, 0.3) is 0 Å². The van der Waals surface area contributed by atoms with E-state index in [1.165, 1.54) is 16.8 Å². The molecule has 1 saturated heterocycles. The van der Waals surface area contributed by atoms with Gasteiger partial charge in [0.05, 0.1) is 0 Å². The van der Waals surface area contributed by atoms with Crippen molar-refractivity contribution in [1.29, 1.82) is 0 Å². The molecule has 0 bridgehead atoms. The highest BCUT2D eigenvalue weighted by Crippen LogP contribution is 2.28. The van der Waals surface area contributed by atoms with E-state index in [0.717, 1.165) is 51.4 Å². The van der Waals surface area contributed by atoms with Gasteiger partial charge in [-0.1, -0.05) is 18.2 Å². The Morgan fingerprint density at radius 1 is 0.957 bits per heavy atom. The van der Waals surface area contributed by atoms with Gasteiger partial charge in [0.1, 0.15) is 5.82 Å². The average Bonchev–Trinajstić information content (AvgIpc) is 3.06. The van der Waals surface area contributed by atoms with Gasteiger partial charge in [-0.05, 0) is 41.8 Å². The van der Waals surface area contributed by atoms with Gasteiger partial charge < -0.3 is 10.2 Å². The van der Waals surface area contributed by atoms with E-state index in [4.69, 9.17) is 0 Å². The monoisotopic (exact) mass is 311 g/mol. The number of rotatable bonds is 3. The van der Waals surface area contributed by atoms with Gasteiger partial charge in [-0.15, -0.1) is 0 Å². The van der Waals surface area contributed by atoms with Crippen molar-refractivity contribution in [2.24, 2.45) is 0 Å². The molecule has 4 heteroatoms. The smallest absolute Gasteiger partial charge is 0.123 e. The van der Waals surface area contributed by atoms with Crippen molar-refractivity contribution in [2.45, 2.75) is 13.0 Å². The summed E-state index contributed by atoms with van der Waals surface area (Å²) in [5, 5.41) is 3.53. The Kier molecular flexibility index (Phi) is 3.92. The summed E-state index contributed by atoms with van der Waals surface area (Å²) in [6.45, 7) is 6.14. The molecule has 1 fully saturated rings. The van der Waals surface area contributed by atoms with Crippen LogP contribution in [0.4, 0.5) is 15.8 Å². The number of nitrogens with zero attached hydrogens (tertiary/aromatic N) is 2. The highest BCUT2D eigenvalue weighted by atomic mass is 19.1. The first-order chi connectivity index (χ1) is 11.3. The SMILES string of the molecule is Fc1ccc(N2CCN(Cc3cccc4c3NCC4)CC2)cc1. The van der Waals surface area contributed by atoms with Gasteiger partial charge in [0.25, 0.3) is 0 Å².